The summed E-state index contributed by atoms with van der Waals surface area (Å²) < 4.78 is 28.3. The first-order valence-electron chi connectivity index (χ1n) is 10.3. The number of hydrogen-bond acceptors (Lipinski definition) is 7. The Labute approximate surface area is 209 Å². The fourth-order valence-corrected chi connectivity index (χ4v) is 3.90. The average molecular weight is 534 g/mol. The smallest absolute Gasteiger partial charge is 0.415 e. The standard InChI is InChI=1S/C21H20Cl3FN4O5/c22-21(23,24)12-33-19(30)28(18-5-8-34-27-18)10-15-11-32-20(31)29(15)14-1-2-16(17(25)9-14)13-3-6-26-7-4-13/h1-3,5,8-9,15,26H,4,6-7,10-12H2/t15-/m1/s1. The molecule has 182 valence electrons. The topological polar surface area (TPSA) is 97.1 Å². The highest BCUT2D eigenvalue weighted by Crippen LogP contribution is 2.31. The van der Waals surface area contributed by atoms with Gasteiger partial charge in [-0.2, -0.15) is 0 Å². The lowest BCUT2D eigenvalue weighted by Gasteiger charge is -2.27. The molecule has 1 atom stereocenters. The summed E-state index contributed by atoms with van der Waals surface area (Å²) in [6, 6.07) is 5.31. The summed E-state index contributed by atoms with van der Waals surface area (Å²) in [7, 11) is 0. The van der Waals surface area contributed by atoms with Gasteiger partial charge >= 0.3 is 12.2 Å². The van der Waals surface area contributed by atoms with Crippen LogP contribution in [0.3, 0.4) is 0 Å². The van der Waals surface area contributed by atoms with Crippen molar-refractivity contribution in [2.24, 2.45) is 0 Å². The van der Waals surface area contributed by atoms with Crippen molar-refractivity contribution in [2.75, 3.05) is 42.6 Å². The van der Waals surface area contributed by atoms with Crippen LogP contribution in [0.5, 0.6) is 0 Å². The van der Waals surface area contributed by atoms with E-state index in [0.717, 1.165) is 17.0 Å². The third kappa shape index (κ3) is 5.75. The molecule has 1 aromatic carbocycles. The quantitative estimate of drug-likeness (QED) is 0.545. The lowest BCUT2D eigenvalue weighted by atomic mass is 9.99. The van der Waals surface area contributed by atoms with E-state index in [9.17, 15) is 14.0 Å². The lowest BCUT2D eigenvalue weighted by Crippen LogP contribution is -2.46. The number of benzene rings is 1. The molecule has 2 amide bonds. The highest BCUT2D eigenvalue weighted by molar-refractivity contribution is 6.67. The van der Waals surface area contributed by atoms with Crippen molar-refractivity contribution in [1.29, 1.82) is 0 Å². The monoisotopic (exact) mass is 532 g/mol. The van der Waals surface area contributed by atoms with Gasteiger partial charge in [-0.1, -0.05) is 46.0 Å². The third-order valence-corrected chi connectivity index (χ3v) is 5.60. The average Bonchev–Trinajstić information content (AvgIpc) is 3.46. The maximum absolute atomic E-state index is 15.0. The van der Waals surface area contributed by atoms with Crippen LogP contribution in [0.4, 0.5) is 25.5 Å². The van der Waals surface area contributed by atoms with Crippen molar-refractivity contribution in [1.82, 2.24) is 10.5 Å². The SMILES string of the molecule is O=C(OCC(Cl)(Cl)Cl)N(C[C@@H]1COC(=O)N1c1ccc(C2=CCNCC2)c(F)c1)c1ccon1. The fraction of sp³-hybridized carbons (Fsp3) is 0.381. The van der Waals surface area contributed by atoms with E-state index in [-0.39, 0.29) is 24.7 Å². The van der Waals surface area contributed by atoms with Crippen molar-refractivity contribution in [3.05, 3.63) is 48.0 Å². The van der Waals surface area contributed by atoms with Crippen LogP contribution in [0.1, 0.15) is 12.0 Å². The van der Waals surface area contributed by atoms with Crippen LogP contribution in [0.2, 0.25) is 0 Å². The molecule has 34 heavy (non-hydrogen) atoms. The number of ether oxygens (including phenoxy) is 2. The van der Waals surface area contributed by atoms with E-state index >= 15 is 0 Å². The highest BCUT2D eigenvalue weighted by Gasteiger charge is 2.38. The van der Waals surface area contributed by atoms with Crippen LogP contribution in [-0.4, -0.2) is 60.0 Å². The van der Waals surface area contributed by atoms with Crippen LogP contribution in [-0.2, 0) is 9.47 Å². The van der Waals surface area contributed by atoms with Crippen molar-refractivity contribution in [2.45, 2.75) is 16.3 Å². The molecule has 2 aliphatic heterocycles. The number of amides is 2. The van der Waals surface area contributed by atoms with Gasteiger partial charge in [0.1, 0.15) is 25.3 Å². The van der Waals surface area contributed by atoms with Gasteiger partial charge in [0, 0.05) is 18.2 Å². The second kappa shape index (κ2) is 10.4. The molecule has 3 heterocycles. The number of nitrogens with zero attached hydrogens (tertiary/aromatic N) is 3. The van der Waals surface area contributed by atoms with Gasteiger partial charge in [0.2, 0.25) is 3.79 Å². The predicted octanol–water partition coefficient (Wildman–Crippen LogP) is 4.53. The Balaban J connectivity index is 1.55. The first-order chi connectivity index (χ1) is 16.2. The zero-order valence-corrected chi connectivity index (χ0v) is 19.9. The van der Waals surface area contributed by atoms with Crippen LogP contribution in [0.25, 0.3) is 5.57 Å². The van der Waals surface area contributed by atoms with E-state index in [4.69, 9.17) is 48.8 Å². The van der Waals surface area contributed by atoms with E-state index < -0.39 is 34.4 Å². The van der Waals surface area contributed by atoms with Gasteiger partial charge in [0.25, 0.3) is 0 Å². The van der Waals surface area contributed by atoms with Crippen molar-refractivity contribution < 1.29 is 28.0 Å². The number of nitrogens with one attached hydrogen (secondary N) is 1. The number of carbonyl (C=O) groups is 2. The summed E-state index contributed by atoms with van der Waals surface area (Å²) in [5, 5.41) is 6.94. The van der Waals surface area contributed by atoms with Gasteiger partial charge in [-0.25, -0.2) is 14.0 Å². The minimum atomic E-state index is -1.81. The second-order valence-corrected chi connectivity index (χ2v) is 10.1. The van der Waals surface area contributed by atoms with E-state index in [1.807, 2.05) is 6.08 Å². The van der Waals surface area contributed by atoms with E-state index in [0.29, 0.717) is 18.5 Å². The Kier molecular flexibility index (Phi) is 7.51. The zero-order chi connectivity index (χ0) is 24.3. The minimum Gasteiger partial charge on any atom is -0.447 e. The molecule has 1 aromatic heterocycles. The molecule has 0 aliphatic carbocycles. The maximum atomic E-state index is 15.0. The molecular weight excluding hydrogens is 514 g/mol. The summed E-state index contributed by atoms with van der Waals surface area (Å²) in [4.78, 5) is 27.6. The Morgan fingerprint density at radius 2 is 2.18 bits per heavy atom. The molecule has 0 unspecified atom stereocenters. The fourth-order valence-electron chi connectivity index (χ4n) is 3.73. The summed E-state index contributed by atoms with van der Waals surface area (Å²) >= 11 is 17.0. The number of rotatable bonds is 6. The lowest BCUT2D eigenvalue weighted by molar-refractivity contribution is 0.154. The second-order valence-electron chi connectivity index (χ2n) is 7.59. The van der Waals surface area contributed by atoms with E-state index in [1.165, 1.54) is 23.3 Å². The van der Waals surface area contributed by atoms with Gasteiger partial charge in [-0.15, -0.1) is 0 Å². The summed E-state index contributed by atoms with van der Waals surface area (Å²) in [5.74, 6) is -0.340. The number of carbonyl (C=O) groups excluding carboxylic acids is 2. The first-order valence-corrected chi connectivity index (χ1v) is 11.4. The van der Waals surface area contributed by atoms with Gasteiger partial charge in [0.15, 0.2) is 5.82 Å². The Bertz CT molecular complexity index is 1080. The number of hydrogen-bond donors (Lipinski definition) is 1. The predicted molar refractivity (Wildman–Crippen MR) is 125 cm³/mol. The Hall–Kier alpha value is -2.53. The molecule has 13 heteroatoms. The van der Waals surface area contributed by atoms with Crippen LogP contribution in [0, 0.1) is 5.82 Å². The normalized spacial score (nSPS) is 18.5. The van der Waals surface area contributed by atoms with Gasteiger partial charge in [-0.3, -0.25) is 9.80 Å². The van der Waals surface area contributed by atoms with Crippen LogP contribution in [0.15, 0.2) is 41.1 Å². The Morgan fingerprint density at radius 3 is 2.82 bits per heavy atom. The summed E-state index contributed by atoms with van der Waals surface area (Å²) in [6.07, 6.45) is 2.36. The third-order valence-electron chi connectivity index (χ3n) is 5.28. The molecule has 0 saturated carbocycles. The zero-order valence-electron chi connectivity index (χ0n) is 17.7. The van der Waals surface area contributed by atoms with Crippen LogP contribution >= 0.6 is 34.8 Å². The van der Waals surface area contributed by atoms with Crippen LogP contribution < -0.4 is 15.1 Å². The number of anilines is 2. The molecule has 1 saturated heterocycles. The number of aromatic nitrogens is 1. The Morgan fingerprint density at radius 1 is 1.35 bits per heavy atom. The van der Waals surface area contributed by atoms with Gasteiger partial charge < -0.3 is 19.3 Å². The molecule has 0 spiro atoms. The van der Waals surface area contributed by atoms with Gasteiger partial charge in [0.05, 0.1) is 18.3 Å². The minimum absolute atomic E-state index is 0.0505. The molecule has 1 fully saturated rings. The molecule has 2 aromatic rings. The molecule has 4 rings (SSSR count). The van der Waals surface area contributed by atoms with E-state index in [2.05, 4.69) is 10.5 Å². The molecule has 0 radical (unpaired) electrons. The van der Waals surface area contributed by atoms with Crippen molar-refractivity contribution in [3.63, 3.8) is 0 Å². The van der Waals surface area contributed by atoms with E-state index in [1.54, 1.807) is 12.1 Å². The number of alkyl halides is 3. The summed E-state index contributed by atoms with van der Waals surface area (Å²) in [5.41, 5.74) is 1.67. The molecule has 9 nitrogen and oxygen atoms in total. The largest absolute Gasteiger partial charge is 0.447 e. The van der Waals surface area contributed by atoms with Crippen molar-refractivity contribution in [3.8, 4) is 0 Å². The molecule has 0 bridgehead atoms. The maximum Gasteiger partial charge on any atom is 0.415 e. The van der Waals surface area contributed by atoms with Gasteiger partial charge in [-0.05, 0) is 36.7 Å². The molecule has 2 aliphatic rings. The highest BCUT2D eigenvalue weighted by atomic mass is 35.6. The van der Waals surface area contributed by atoms with Crippen molar-refractivity contribution >= 4 is 64.1 Å². The summed E-state index contributed by atoms with van der Waals surface area (Å²) in [6.45, 7) is 0.776. The number of halogens is 4. The number of cyclic esters (lactones) is 1. The first kappa shape index (κ1) is 24.6. The molecular formula is C21H20Cl3FN4O5. The molecule has 1 N–H and O–H groups in total.